The zero-order chi connectivity index (χ0) is 28.8. The second kappa shape index (κ2) is 12.7. The molecule has 2 heterocycles. The first-order chi connectivity index (χ1) is 18.3. The Hall–Kier alpha value is -3.34. The van der Waals surface area contributed by atoms with Crippen LogP contribution in [0, 0.1) is 0 Å². The average molecular weight is 593 g/mol. The predicted octanol–water partition coefficient (Wildman–Crippen LogP) is 1.14. The van der Waals surface area contributed by atoms with E-state index in [1.807, 2.05) is 6.92 Å². The predicted molar refractivity (Wildman–Crippen MR) is 151 cm³/mol. The van der Waals surface area contributed by atoms with Gasteiger partial charge in [0, 0.05) is 19.3 Å². The third-order valence-corrected chi connectivity index (χ3v) is 7.35. The number of rotatable bonds is 8. The molecule has 4 rings (SSSR count). The van der Waals surface area contributed by atoms with Gasteiger partial charge in [0.1, 0.15) is 10.7 Å². The fourth-order valence-electron chi connectivity index (χ4n) is 3.28. The van der Waals surface area contributed by atoms with Crippen molar-refractivity contribution in [1.29, 1.82) is 0 Å². The molecule has 0 fully saturated rings. The van der Waals surface area contributed by atoms with Crippen molar-refractivity contribution < 1.29 is 26.9 Å². The van der Waals surface area contributed by atoms with Gasteiger partial charge in [-0.25, -0.2) is 31.9 Å². The van der Waals surface area contributed by atoms with Crippen molar-refractivity contribution in [2.75, 3.05) is 23.4 Å². The summed E-state index contributed by atoms with van der Waals surface area (Å²) < 4.78 is 45.0. The van der Waals surface area contributed by atoms with Crippen molar-refractivity contribution in [3.8, 4) is 0 Å². The van der Waals surface area contributed by atoms with Gasteiger partial charge in [-0.3, -0.25) is 0 Å². The molecular weight excluding hydrogens is 567 g/mol. The van der Waals surface area contributed by atoms with Crippen LogP contribution in [0.15, 0.2) is 70.5 Å². The molecular formula is C23H26BClN6O6S2. The molecule has 0 spiro atoms. The summed E-state index contributed by atoms with van der Waals surface area (Å²) in [6.45, 7) is 2.95. The number of benzene rings is 2. The van der Waals surface area contributed by atoms with Crippen LogP contribution in [0.3, 0.4) is 0 Å². The highest BCUT2D eigenvalue weighted by Crippen LogP contribution is 2.22. The zero-order valence-corrected chi connectivity index (χ0v) is 23.3. The number of anilines is 2. The Bertz CT molecular complexity index is 1690. The van der Waals surface area contributed by atoms with E-state index in [0.717, 1.165) is 11.8 Å². The number of sulfonamides is 1. The summed E-state index contributed by atoms with van der Waals surface area (Å²) in [5.41, 5.74) is 2.13. The van der Waals surface area contributed by atoms with Gasteiger partial charge in [-0.15, -0.1) is 0 Å². The van der Waals surface area contributed by atoms with E-state index in [2.05, 4.69) is 25.6 Å². The molecule has 0 unspecified atom stereocenters. The highest BCUT2D eigenvalue weighted by Gasteiger charge is 2.14. The Morgan fingerprint density at radius 2 is 1.62 bits per heavy atom. The van der Waals surface area contributed by atoms with E-state index in [1.54, 1.807) is 24.3 Å². The van der Waals surface area contributed by atoms with Crippen LogP contribution in [0.5, 0.6) is 0 Å². The van der Waals surface area contributed by atoms with Gasteiger partial charge < -0.3 is 20.7 Å². The monoisotopic (exact) mass is 592 g/mol. The maximum atomic E-state index is 11.5. The van der Waals surface area contributed by atoms with Gasteiger partial charge in [-0.1, -0.05) is 35.9 Å². The Labute approximate surface area is 231 Å². The largest absolute Gasteiger partial charge is 0.488 e. The Morgan fingerprint density at radius 1 is 0.923 bits per heavy atom. The summed E-state index contributed by atoms with van der Waals surface area (Å²) in [6, 6.07) is 15.3. The summed E-state index contributed by atoms with van der Waals surface area (Å²) in [5.74, 6) is 0.958. The smallest absolute Gasteiger partial charge is 0.423 e. The number of aromatic nitrogens is 3. The summed E-state index contributed by atoms with van der Waals surface area (Å²) in [5, 5.41) is 29.3. The van der Waals surface area contributed by atoms with Gasteiger partial charge in [-0.05, 0) is 54.3 Å². The van der Waals surface area contributed by atoms with Crippen molar-refractivity contribution >= 4 is 66.8 Å². The lowest BCUT2D eigenvalue weighted by Crippen LogP contribution is -2.30. The lowest BCUT2D eigenvalue weighted by atomic mass is 9.80. The minimum atomic E-state index is -3.75. The normalized spacial score (nSPS) is 11.4. The molecule has 6 N–H and O–H groups in total. The minimum absolute atomic E-state index is 0.0587. The number of nitrogens with two attached hydrogens (primary N) is 1. The number of hydrogen-bond acceptors (Lipinski definition) is 11. The third kappa shape index (κ3) is 8.58. The number of hydrogen-bond donors (Lipinski definition) is 5. The Balaban J connectivity index is 0.000000272. The van der Waals surface area contributed by atoms with Gasteiger partial charge >= 0.3 is 7.12 Å². The summed E-state index contributed by atoms with van der Waals surface area (Å²) in [7, 11) is -8.66. The first-order valence-corrected chi connectivity index (χ1v) is 15.2. The highest BCUT2D eigenvalue weighted by atomic mass is 35.5. The van der Waals surface area contributed by atoms with Gasteiger partial charge in [0.25, 0.3) is 0 Å². The number of pyridine rings is 1. The van der Waals surface area contributed by atoms with Gasteiger partial charge in [0.2, 0.25) is 16.0 Å². The third-order valence-electron chi connectivity index (χ3n) is 5.11. The Kier molecular flexibility index (Phi) is 9.82. The van der Waals surface area contributed by atoms with Crippen molar-refractivity contribution in [3.05, 3.63) is 71.4 Å². The SMILES string of the molecule is CCNc1nc(NCc2cccc(S(N)(=O)=O)c2)nc2ccc(Cl)nc12.CS(=O)(=O)c1cccc(B(O)O)c1. The zero-order valence-electron chi connectivity index (χ0n) is 20.9. The van der Waals surface area contributed by atoms with Crippen molar-refractivity contribution in [1.82, 2.24) is 15.0 Å². The number of nitrogens with one attached hydrogen (secondary N) is 2. The second-order valence-corrected chi connectivity index (χ2v) is 12.2. The van der Waals surface area contributed by atoms with E-state index >= 15 is 0 Å². The van der Waals surface area contributed by atoms with Crippen molar-refractivity contribution in [3.63, 3.8) is 0 Å². The quantitative estimate of drug-likeness (QED) is 0.145. The van der Waals surface area contributed by atoms with Crippen LogP contribution in [0.4, 0.5) is 11.8 Å². The molecule has 0 saturated heterocycles. The molecule has 206 valence electrons. The summed E-state index contributed by atoms with van der Waals surface area (Å²) >= 11 is 5.95. The minimum Gasteiger partial charge on any atom is -0.423 e. The molecule has 0 radical (unpaired) electrons. The molecule has 2 aromatic carbocycles. The molecule has 0 aliphatic rings. The highest BCUT2D eigenvalue weighted by molar-refractivity contribution is 7.90. The van der Waals surface area contributed by atoms with Crippen LogP contribution in [-0.2, 0) is 26.4 Å². The first-order valence-electron chi connectivity index (χ1n) is 11.4. The van der Waals surface area contributed by atoms with E-state index < -0.39 is 27.0 Å². The van der Waals surface area contributed by atoms with Crippen molar-refractivity contribution in [2.45, 2.75) is 23.3 Å². The number of halogens is 1. The van der Waals surface area contributed by atoms with Crippen LogP contribution in [-0.4, -0.2) is 61.8 Å². The molecule has 0 bridgehead atoms. The van der Waals surface area contributed by atoms with E-state index in [9.17, 15) is 16.8 Å². The van der Waals surface area contributed by atoms with Gasteiger partial charge in [0.05, 0.1) is 15.3 Å². The maximum absolute atomic E-state index is 11.5. The molecule has 39 heavy (non-hydrogen) atoms. The molecule has 2 aromatic heterocycles. The number of sulfone groups is 1. The van der Waals surface area contributed by atoms with E-state index in [0.29, 0.717) is 41.0 Å². The van der Waals surface area contributed by atoms with Crippen LogP contribution >= 0.6 is 11.6 Å². The number of primary sulfonamides is 1. The lowest BCUT2D eigenvalue weighted by molar-refractivity contribution is 0.425. The second-order valence-electron chi connectivity index (χ2n) is 8.19. The first kappa shape index (κ1) is 30.2. The molecule has 4 aromatic rings. The number of fused-ring (bicyclic) bond motifs is 1. The fraction of sp³-hybridized carbons (Fsp3) is 0.174. The van der Waals surface area contributed by atoms with Gasteiger partial charge in [0.15, 0.2) is 15.7 Å². The lowest BCUT2D eigenvalue weighted by Gasteiger charge is -2.11. The van der Waals surface area contributed by atoms with Crippen LogP contribution in [0.25, 0.3) is 11.0 Å². The molecule has 0 amide bonds. The van der Waals surface area contributed by atoms with E-state index in [1.165, 1.54) is 36.4 Å². The average Bonchev–Trinajstić information content (AvgIpc) is 2.87. The molecule has 0 aliphatic carbocycles. The standard InChI is InChI=1S/C16H17ClN6O2S.C7H9BO4S/c1-2-19-15-14-12(6-7-13(17)22-14)21-16(23-15)20-9-10-4-3-5-11(8-10)26(18,24)25;1-13(11,12)7-4-2-3-6(5-7)8(9)10/h3-8H,2,9H2,1H3,(H2,18,24,25)(H2,19,20,21,23);2-5,9-10H,1H3. The molecule has 16 heteroatoms. The molecule has 0 atom stereocenters. The van der Waals surface area contributed by atoms with Crippen LogP contribution in [0.2, 0.25) is 5.15 Å². The topological polar surface area (TPSA) is 197 Å². The maximum Gasteiger partial charge on any atom is 0.488 e. The molecule has 12 nitrogen and oxygen atoms in total. The Morgan fingerprint density at radius 3 is 2.26 bits per heavy atom. The van der Waals surface area contributed by atoms with Gasteiger partial charge in [-0.2, -0.15) is 4.98 Å². The summed E-state index contributed by atoms with van der Waals surface area (Å²) in [4.78, 5) is 13.2. The fourth-order valence-corrected chi connectivity index (χ4v) is 4.69. The van der Waals surface area contributed by atoms with Crippen molar-refractivity contribution in [2.24, 2.45) is 5.14 Å². The van der Waals surface area contributed by atoms with Crippen LogP contribution in [0.1, 0.15) is 12.5 Å². The van der Waals surface area contributed by atoms with E-state index in [-0.39, 0.29) is 15.3 Å². The molecule has 0 saturated carbocycles. The van der Waals surface area contributed by atoms with E-state index in [4.69, 9.17) is 26.8 Å². The number of nitrogens with zero attached hydrogens (tertiary/aromatic N) is 3. The van der Waals surface area contributed by atoms with Crippen LogP contribution < -0.4 is 21.2 Å². The molecule has 0 aliphatic heterocycles. The summed E-state index contributed by atoms with van der Waals surface area (Å²) in [6.07, 6.45) is 1.07.